The number of nitrogen functional groups attached to an aromatic ring is 1. The number of nitrogens with two attached hydrogens (primary N) is 1. The minimum absolute atomic E-state index is 0.479. The second-order valence-corrected chi connectivity index (χ2v) is 5.51. The van der Waals surface area contributed by atoms with E-state index in [1.54, 1.807) is 0 Å². The number of hydrogen-bond donors (Lipinski definition) is 1. The van der Waals surface area contributed by atoms with E-state index in [4.69, 9.17) is 5.73 Å². The fraction of sp³-hybridized carbons (Fsp3) is 0.462. The zero-order valence-electron chi connectivity index (χ0n) is 10.9. The Labute approximate surface area is 112 Å². The molecule has 0 aliphatic heterocycles. The number of aryl methyl sites for hydroxylation is 1. The molecule has 2 N–H and O–H groups in total. The summed E-state index contributed by atoms with van der Waals surface area (Å²) in [6.45, 7) is 4.22. The van der Waals surface area contributed by atoms with Gasteiger partial charge in [-0.1, -0.05) is 6.07 Å². The standard InChI is InChI=1S/C13H20N4S/c1-11(12-5-3-10-18-12)16(2)7-4-8-17-9-6-13(14)15-17/h3,5-6,9-11H,4,7-8H2,1-2H3,(H2,14,15). The molecular formula is C13H20N4S. The number of nitrogens with zero attached hydrogens (tertiary/aromatic N) is 3. The Morgan fingerprint density at radius 1 is 1.50 bits per heavy atom. The van der Waals surface area contributed by atoms with Gasteiger partial charge in [0.05, 0.1) is 0 Å². The highest BCUT2D eigenvalue weighted by Crippen LogP contribution is 2.23. The molecule has 5 heteroatoms. The maximum atomic E-state index is 5.58. The SMILES string of the molecule is CC(c1cccs1)N(C)CCCn1ccc(N)n1. The summed E-state index contributed by atoms with van der Waals surface area (Å²) >= 11 is 1.82. The van der Waals surface area contributed by atoms with Crippen LogP contribution in [-0.4, -0.2) is 28.3 Å². The van der Waals surface area contributed by atoms with Crippen LogP contribution in [0.4, 0.5) is 5.82 Å². The molecule has 0 saturated heterocycles. The molecular weight excluding hydrogens is 244 g/mol. The average molecular weight is 264 g/mol. The molecule has 0 aromatic carbocycles. The van der Waals surface area contributed by atoms with Crippen LogP contribution in [0.2, 0.25) is 0 Å². The highest BCUT2D eigenvalue weighted by molar-refractivity contribution is 7.10. The van der Waals surface area contributed by atoms with Crippen LogP contribution < -0.4 is 5.73 Å². The van der Waals surface area contributed by atoms with E-state index < -0.39 is 0 Å². The van der Waals surface area contributed by atoms with Crippen molar-refractivity contribution in [2.45, 2.75) is 25.9 Å². The first-order chi connectivity index (χ1) is 8.66. The Bertz CT molecular complexity index is 463. The summed E-state index contributed by atoms with van der Waals surface area (Å²) in [4.78, 5) is 3.79. The monoisotopic (exact) mass is 264 g/mol. The third-order valence-electron chi connectivity index (χ3n) is 3.18. The number of aromatic nitrogens is 2. The van der Waals surface area contributed by atoms with Crippen LogP contribution >= 0.6 is 11.3 Å². The molecule has 1 atom stereocenters. The van der Waals surface area contributed by atoms with E-state index in [9.17, 15) is 0 Å². The summed E-state index contributed by atoms with van der Waals surface area (Å²) in [6.07, 6.45) is 3.01. The molecule has 18 heavy (non-hydrogen) atoms. The zero-order valence-corrected chi connectivity index (χ0v) is 11.7. The maximum absolute atomic E-state index is 5.58. The average Bonchev–Trinajstić information content (AvgIpc) is 2.99. The van der Waals surface area contributed by atoms with Crippen molar-refractivity contribution in [3.8, 4) is 0 Å². The Hall–Kier alpha value is -1.33. The molecule has 2 aromatic heterocycles. The van der Waals surface area contributed by atoms with Crippen molar-refractivity contribution in [3.63, 3.8) is 0 Å². The number of hydrogen-bond acceptors (Lipinski definition) is 4. The fourth-order valence-electron chi connectivity index (χ4n) is 1.92. The lowest BCUT2D eigenvalue weighted by Gasteiger charge is -2.23. The van der Waals surface area contributed by atoms with E-state index >= 15 is 0 Å². The Morgan fingerprint density at radius 3 is 2.94 bits per heavy atom. The lowest BCUT2D eigenvalue weighted by atomic mass is 10.2. The van der Waals surface area contributed by atoms with Gasteiger partial charge in [-0.2, -0.15) is 5.10 Å². The Balaban J connectivity index is 1.76. The summed E-state index contributed by atoms with van der Waals surface area (Å²) in [5.74, 6) is 0.593. The first kappa shape index (κ1) is 13.1. The van der Waals surface area contributed by atoms with E-state index in [0.29, 0.717) is 11.9 Å². The summed E-state index contributed by atoms with van der Waals surface area (Å²) in [6, 6.07) is 6.61. The van der Waals surface area contributed by atoms with Gasteiger partial charge in [-0.3, -0.25) is 9.58 Å². The van der Waals surface area contributed by atoms with Gasteiger partial charge < -0.3 is 5.73 Å². The van der Waals surface area contributed by atoms with Gasteiger partial charge in [0, 0.05) is 30.2 Å². The minimum Gasteiger partial charge on any atom is -0.382 e. The van der Waals surface area contributed by atoms with Gasteiger partial charge in [0.25, 0.3) is 0 Å². The normalized spacial score (nSPS) is 13.1. The van der Waals surface area contributed by atoms with Crippen LogP contribution in [0.5, 0.6) is 0 Å². The van der Waals surface area contributed by atoms with Crippen LogP contribution in [0.3, 0.4) is 0 Å². The van der Waals surface area contributed by atoms with Crippen LogP contribution in [0.1, 0.15) is 24.3 Å². The molecule has 98 valence electrons. The van der Waals surface area contributed by atoms with E-state index in [1.165, 1.54) is 4.88 Å². The highest BCUT2D eigenvalue weighted by Gasteiger charge is 2.11. The third-order valence-corrected chi connectivity index (χ3v) is 4.22. The van der Waals surface area contributed by atoms with Crippen molar-refractivity contribution in [1.29, 1.82) is 0 Å². The topological polar surface area (TPSA) is 47.1 Å². The minimum atomic E-state index is 0.479. The molecule has 1 unspecified atom stereocenters. The van der Waals surface area contributed by atoms with E-state index in [0.717, 1.165) is 19.5 Å². The molecule has 0 bridgehead atoms. The molecule has 0 amide bonds. The molecule has 0 radical (unpaired) electrons. The van der Waals surface area contributed by atoms with Gasteiger partial charge >= 0.3 is 0 Å². The molecule has 0 spiro atoms. The first-order valence-corrected chi connectivity index (χ1v) is 7.07. The largest absolute Gasteiger partial charge is 0.382 e. The third kappa shape index (κ3) is 3.34. The van der Waals surface area contributed by atoms with Gasteiger partial charge in [-0.25, -0.2) is 0 Å². The molecule has 2 rings (SSSR count). The van der Waals surface area contributed by atoms with Crippen LogP contribution in [0, 0.1) is 0 Å². The lowest BCUT2D eigenvalue weighted by molar-refractivity contribution is 0.255. The van der Waals surface area contributed by atoms with Gasteiger partial charge in [0.15, 0.2) is 0 Å². The molecule has 2 aromatic rings. The second-order valence-electron chi connectivity index (χ2n) is 4.53. The van der Waals surface area contributed by atoms with Gasteiger partial charge in [-0.05, 0) is 37.9 Å². The predicted octanol–water partition coefficient (Wildman–Crippen LogP) is 2.61. The summed E-state index contributed by atoms with van der Waals surface area (Å²) < 4.78 is 1.90. The molecule has 4 nitrogen and oxygen atoms in total. The van der Waals surface area contributed by atoms with Crippen molar-refractivity contribution in [2.75, 3.05) is 19.3 Å². The van der Waals surface area contributed by atoms with E-state index in [2.05, 4.69) is 41.5 Å². The van der Waals surface area contributed by atoms with Crippen LogP contribution in [0.25, 0.3) is 0 Å². The number of rotatable bonds is 6. The first-order valence-electron chi connectivity index (χ1n) is 6.19. The van der Waals surface area contributed by atoms with Crippen molar-refractivity contribution >= 4 is 17.2 Å². The molecule has 0 aliphatic rings. The smallest absolute Gasteiger partial charge is 0.145 e. The number of anilines is 1. The highest BCUT2D eigenvalue weighted by atomic mass is 32.1. The fourth-order valence-corrected chi connectivity index (χ4v) is 2.77. The van der Waals surface area contributed by atoms with Gasteiger partial charge in [0.1, 0.15) is 5.82 Å². The second kappa shape index (κ2) is 6.02. The quantitative estimate of drug-likeness (QED) is 0.872. The lowest BCUT2D eigenvalue weighted by Crippen LogP contribution is -2.23. The molecule has 0 saturated carbocycles. The maximum Gasteiger partial charge on any atom is 0.145 e. The Morgan fingerprint density at radius 2 is 2.33 bits per heavy atom. The summed E-state index contributed by atoms with van der Waals surface area (Å²) in [5, 5.41) is 6.31. The molecule has 0 aliphatic carbocycles. The van der Waals surface area contributed by atoms with Crippen LogP contribution in [-0.2, 0) is 6.54 Å². The van der Waals surface area contributed by atoms with Crippen molar-refractivity contribution in [3.05, 3.63) is 34.7 Å². The molecule has 2 heterocycles. The summed E-state index contributed by atoms with van der Waals surface area (Å²) in [5.41, 5.74) is 5.58. The van der Waals surface area contributed by atoms with Gasteiger partial charge in [-0.15, -0.1) is 11.3 Å². The van der Waals surface area contributed by atoms with Gasteiger partial charge in [0.2, 0.25) is 0 Å². The Kier molecular flexibility index (Phi) is 4.38. The van der Waals surface area contributed by atoms with Crippen molar-refractivity contribution in [2.24, 2.45) is 0 Å². The van der Waals surface area contributed by atoms with E-state index in [1.807, 2.05) is 28.3 Å². The van der Waals surface area contributed by atoms with Crippen molar-refractivity contribution in [1.82, 2.24) is 14.7 Å². The number of thiophene rings is 1. The molecule has 0 fully saturated rings. The predicted molar refractivity (Wildman–Crippen MR) is 76.6 cm³/mol. The zero-order chi connectivity index (χ0) is 13.0. The van der Waals surface area contributed by atoms with Crippen molar-refractivity contribution < 1.29 is 0 Å². The summed E-state index contributed by atoms with van der Waals surface area (Å²) in [7, 11) is 2.17. The van der Waals surface area contributed by atoms with Crippen LogP contribution in [0.15, 0.2) is 29.8 Å². The van der Waals surface area contributed by atoms with E-state index in [-0.39, 0.29) is 0 Å².